The molecule has 1 saturated heterocycles. The number of aliphatic imine (C=N–C) groups is 1. The van der Waals surface area contributed by atoms with Gasteiger partial charge in [-0.1, -0.05) is 43.2 Å². The lowest BCUT2D eigenvalue weighted by Crippen LogP contribution is -2.42. The van der Waals surface area contributed by atoms with E-state index in [0.29, 0.717) is 24.9 Å². The van der Waals surface area contributed by atoms with E-state index in [9.17, 15) is 4.79 Å². The third-order valence-electron chi connectivity index (χ3n) is 5.33. The van der Waals surface area contributed by atoms with Crippen LogP contribution >= 0.6 is 24.0 Å². The molecule has 1 aromatic carbocycles. The number of rotatable bonds is 5. The molecule has 2 fully saturated rings. The molecule has 0 bridgehead atoms. The van der Waals surface area contributed by atoms with Gasteiger partial charge in [0.1, 0.15) is 0 Å². The number of nitrogens with one attached hydrogen (secondary N) is 2. The van der Waals surface area contributed by atoms with Crippen LogP contribution in [0.3, 0.4) is 0 Å². The lowest BCUT2D eigenvalue weighted by atomic mass is 9.99. The van der Waals surface area contributed by atoms with Crippen LogP contribution in [0.1, 0.15) is 50.0 Å². The van der Waals surface area contributed by atoms with E-state index in [-0.39, 0.29) is 29.9 Å². The number of carbonyl (C=O) groups excluding carboxylic acids is 1. The molecule has 5 nitrogen and oxygen atoms in total. The summed E-state index contributed by atoms with van der Waals surface area (Å²) in [7, 11) is 1.82. The number of benzene rings is 1. The minimum absolute atomic E-state index is 0. The Morgan fingerprint density at radius 3 is 2.62 bits per heavy atom. The summed E-state index contributed by atoms with van der Waals surface area (Å²) in [6.07, 6.45) is 6.41. The molecule has 0 radical (unpaired) electrons. The number of guanidine groups is 1. The molecule has 1 aromatic rings. The van der Waals surface area contributed by atoms with Crippen LogP contribution in [0.2, 0.25) is 0 Å². The molecule has 0 spiro atoms. The summed E-state index contributed by atoms with van der Waals surface area (Å²) in [4.78, 5) is 18.7. The Labute approximate surface area is 174 Å². The molecule has 26 heavy (non-hydrogen) atoms. The number of halogens is 1. The molecule has 3 rings (SSSR count). The topological polar surface area (TPSA) is 56.7 Å². The van der Waals surface area contributed by atoms with Crippen molar-refractivity contribution in [3.05, 3.63) is 35.9 Å². The van der Waals surface area contributed by atoms with Crippen molar-refractivity contribution in [2.45, 2.75) is 50.5 Å². The van der Waals surface area contributed by atoms with E-state index >= 15 is 0 Å². The number of nitrogens with zero attached hydrogens (tertiary/aromatic N) is 2. The van der Waals surface area contributed by atoms with Crippen molar-refractivity contribution in [3.8, 4) is 0 Å². The SMILES string of the molecule is CN=C(NCCC(=O)NC1CCCC1)N1CCC(c2ccccc2)C1.I. The lowest BCUT2D eigenvalue weighted by Gasteiger charge is -2.22. The second kappa shape index (κ2) is 10.7. The fraction of sp³-hybridized carbons (Fsp3) is 0.600. The van der Waals surface area contributed by atoms with Gasteiger partial charge in [-0.15, -0.1) is 24.0 Å². The van der Waals surface area contributed by atoms with Crippen molar-refractivity contribution < 1.29 is 4.79 Å². The molecule has 1 amide bonds. The standard InChI is InChI=1S/C20H30N4O.HI/c1-21-20(22-13-11-19(25)23-18-9-5-6-10-18)24-14-12-17(15-24)16-7-3-2-4-8-16;/h2-4,7-8,17-18H,5-6,9-15H2,1H3,(H,21,22)(H,23,25);1H. The summed E-state index contributed by atoms with van der Waals surface area (Å²) in [5.41, 5.74) is 1.40. The summed E-state index contributed by atoms with van der Waals surface area (Å²) < 4.78 is 0. The number of hydrogen-bond acceptors (Lipinski definition) is 2. The fourth-order valence-corrected chi connectivity index (χ4v) is 3.94. The first-order chi connectivity index (χ1) is 12.3. The van der Waals surface area contributed by atoms with Crippen LogP contribution in [0.15, 0.2) is 35.3 Å². The van der Waals surface area contributed by atoms with Gasteiger partial charge in [0.05, 0.1) is 0 Å². The van der Waals surface area contributed by atoms with Gasteiger partial charge >= 0.3 is 0 Å². The number of carbonyl (C=O) groups is 1. The molecule has 1 atom stereocenters. The first-order valence-corrected chi connectivity index (χ1v) is 9.56. The molecule has 6 heteroatoms. The van der Waals surface area contributed by atoms with E-state index in [2.05, 4.69) is 50.9 Å². The van der Waals surface area contributed by atoms with Crippen LogP contribution in [0.25, 0.3) is 0 Å². The van der Waals surface area contributed by atoms with E-state index in [1.54, 1.807) is 0 Å². The van der Waals surface area contributed by atoms with Crippen LogP contribution in [-0.2, 0) is 4.79 Å². The second-order valence-corrected chi connectivity index (χ2v) is 7.12. The zero-order chi connectivity index (χ0) is 17.5. The fourth-order valence-electron chi connectivity index (χ4n) is 3.94. The van der Waals surface area contributed by atoms with E-state index in [1.807, 2.05) is 7.05 Å². The average molecular weight is 470 g/mol. The van der Waals surface area contributed by atoms with Crippen LogP contribution in [-0.4, -0.2) is 49.5 Å². The van der Waals surface area contributed by atoms with Crippen LogP contribution < -0.4 is 10.6 Å². The van der Waals surface area contributed by atoms with E-state index in [0.717, 1.165) is 38.3 Å². The smallest absolute Gasteiger partial charge is 0.221 e. The van der Waals surface area contributed by atoms with Crippen LogP contribution in [0.4, 0.5) is 0 Å². The first kappa shape index (κ1) is 21.0. The summed E-state index contributed by atoms with van der Waals surface area (Å²) in [5, 5.41) is 6.49. The molecule has 1 aliphatic carbocycles. The summed E-state index contributed by atoms with van der Waals surface area (Å²) in [5.74, 6) is 1.62. The highest BCUT2D eigenvalue weighted by Crippen LogP contribution is 2.26. The normalized spacial score (nSPS) is 20.7. The molecule has 1 heterocycles. The largest absolute Gasteiger partial charge is 0.356 e. The molecule has 2 aliphatic rings. The molecular weight excluding hydrogens is 439 g/mol. The Hall–Kier alpha value is -1.31. The Morgan fingerprint density at radius 2 is 1.92 bits per heavy atom. The zero-order valence-corrected chi connectivity index (χ0v) is 17.9. The quantitative estimate of drug-likeness (QED) is 0.395. The highest BCUT2D eigenvalue weighted by molar-refractivity contribution is 14.0. The number of amides is 1. The Morgan fingerprint density at radius 1 is 1.19 bits per heavy atom. The third-order valence-corrected chi connectivity index (χ3v) is 5.33. The minimum atomic E-state index is 0. The van der Waals surface area contributed by atoms with Gasteiger partial charge in [-0.3, -0.25) is 9.79 Å². The van der Waals surface area contributed by atoms with E-state index in [1.165, 1.54) is 18.4 Å². The van der Waals surface area contributed by atoms with E-state index < -0.39 is 0 Å². The first-order valence-electron chi connectivity index (χ1n) is 9.56. The van der Waals surface area contributed by atoms with Crippen molar-refractivity contribution >= 4 is 35.8 Å². The maximum absolute atomic E-state index is 12.0. The van der Waals surface area contributed by atoms with Gasteiger partial charge in [-0.2, -0.15) is 0 Å². The lowest BCUT2D eigenvalue weighted by molar-refractivity contribution is -0.121. The molecule has 1 unspecified atom stereocenters. The zero-order valence-electron chi connectivity index (χ0n) is 15.6. The second-order valence-electron chi connectivity index (χ2n) is 7.12. The predicted octanol–water partition coefficient (Wildman–Crippen LogP) is 3.12. The van der Waals surface area contributed by atoms with Gasteiger partial charge in [0, 0.05) is 45.1 Å². The maximum Gasteiger partial charge on any atom is 0.221 e. The third kappa shape index (κ3) is 5.86. The molecule has 144 valence electrons. The maximum atomic E-state index is 12.0. The van der Waals surface area contributed by atoms with Crippen molar-refractivity contribution in [3.63, 3.8) is 0 Å². The van der Waals surface area contributed by atoms with Gasteiger partial charge in [0.2, 0.25) is 5.91 Å². The van der Waals surface area contributed by atoms with E-state index in [4.69, 9.17) is 0 Å². The number of hydrogen-bond donors (Lipinski definition) is 2. The molecule has 2 N–H and O–H groups in total. The van der Waals surface area contributed by atoms with Gasteiger partial charge in [-0.25, -0.2) is 0 Å². The average Bonchev–Trinajstić information content (AvgIpc) is 3.31. The Balaban J connectivity index is 0.00000243. The van der Waals surface area contributed by atoms with Gasteiger partial charge < -0.3 is 15.5 Å². The van der Waals surface area contributed by atoms with Gasteiger partial charge in [0.25, 0.3) is 0 Å². The van der Waals surface area contributed by atoms with Crippen LogP contribution in [0.5, 0.6) is 0 Å². The molecule has 1 aliphatic heterocycles. The predicted molar refractivity (Wildman–Crippen MR) is 117 cm³/mol. The number of likely N-dealkylation sites (tertiary alicyclic amines) is 1. The minimum Gasteiger partial charge on any atom is -0.356 e. The molecule has 1 saturated carbocycles. The van der Waals surface area contributed by atoms with Crippen LogP contribution in [0, 0.1) is 0 Å². The van der Waals surface area contributed by atoms with Gasteiger partial charge in [0.15, 0.2) is 5.96 Å². The summed E-state index contributed by atoms with van der Waals surface area (Å²) in [6, 6.07) is 11.1. The van der Waals surface area contributed by atoms with Crippen molar-refractivity contribution in [2.24, 2.45) is 4.99 Å². The van der Waals surface area contributed by atoms with Crippen molar-refractivity contribution in [2.75, 3.05) is 26.7 Å². The van der Waals surface area contributed by atoms with Crippen molar-refractivity contribution in [1.82, 2.24) is 15.5 Å². The molecular formula is C20H31IN4O. The highest BCUT2D eigenvalue weighted by atomic mass is 127. The summed E-state index contributed by atoms with van der Waals surface area (Å²) in [6.45, 7) is 2.63. The van der Waals surface area contributed by atoms with Gasteiger partial charge in [-0.05, 0) is 24.8 Å². The Bertz CT molecular complexity index is 587. The van der Waals surface area contributed by atoms with Crippen molar-refractivity contribution in [1.29, 1.82) is 0 Å². The Kier molecular flexibility index (Phi) is 8.68. The monoisotopic (exact) mass is 470 g/mol. The summed E-state index contributed by atoms with van der Waals surface area (Å²) >= 11 is 0. The highest BCUT2D eigenvalue weighted by Gasteiger charge is 2.26. The molecule has 0 aromatic heterocycles.